The van der Waals surface area contributed by atoms with Gasteiger partial charge in [-0.15, -0.1) is 0 Å². The summed E-state index contributed by atoms with van der Waals surface area (Å²) in [4.78, 5) is 25.1. The average Bonchev–Trinajstić information content (AvgIpc) is 2.34. The first-order valence-electron chi connectivity index (χ1n) is 6.44. The summed E-state index contributed by atoms with van der Waals surface area (Å²) in [6.07, 6.45) is 0. The maximum absolute atomic E-state index is 12.5. The zero-order chi connectivity index (χ0) is 14.6. The van der Waals surface area contributed by atoms with Gasteiger partial charge in [0, 0.05) is 18.2 Å². The lowest BCUT2D eigenvalue weighted by molar-refractivity contribution is -0.141. The molecule has 19 heavy (non-hydrogen) atoms. The summed E-state index contributed by atoms with van der Waals surface area (Å²) in [5.41, 5.74) is 1.54. The van der Waals surface area contributed by atoms with E-state index >= 15 is 0 Å². The first-order chi connectivity index (χ1) is 8.84. The lowest BCUT2D eigenvalue weighted by atomic mass is 10.1. The van der Waals surface area contributed by atoms with Crippen molar-refractivity contribution in [3.05, 3.63) is 35.4 Å². The van der Waals surface area contributed by atoms with Gasteiger partial charge in [-0.25, -0.2) is 0 Å². The van der Waals surface area contributed by atoms with Gasteiger partial charge < -0.3 is 10.0 Å². The first-order valence-corrected chi connectivity index (χ1v) is 6.44. The molecule has 1 unspecified atom stereocenters. The van der Waals surface area contributed by atoms with E-state index in [9.17, 15) is 9.59 Å². The number of hydrogen-bond donors (Lipinski definition) is 1. The summed E-state index contributed by atoms with van der Waals surface area (Å²) in [6, 6.07) is 7.32. The summed E-state index contributed by atoms with van der Waals surface area (Å²) < 4.78 is 0. The molecule has 0 saturated carbocycles. The molecular formula is C15H21NO3. The Balaban J connectivity index is 2.97. The number of rotatable bonds is 5. The smallest absolute Gasteiger partial charge is 0.308 e. The fourth-order valence-electron chi connectivity index (χ4n) is 1.87. The van der Waals surface area contributed by atoms with Gasteiger partial charge in [0.25, 0.3) is 5.91 Å². The highest BCUT2D eigenvalue weighted by molar-refractivity contribution is 5.96. The summed E-state index contributed by atoms with van der Waals surface area (Å²) in [5, 5.41) is 8.98. The Morgan fingerprint density at radius 1 is 1.21 bits per heavy atom. The topological polar surface area (TPSA) is 57.6 Å². The highest BCUT2D eigenvalue weighted by Crippen LogP contribution is 2.14. The minimum absolute atomic E-state index is 0.0334. The number of nitrogens with zero attached hydrogens (tertiary/aromatic N) is 1. The lowest BCUT2D eigenvalue weighted by Gasteiger charge is -2.29. The summed E-state index contributed by atoms with van der Waals surface area (Å²) in [5.74, 6) is -1.57. The molecule has 1 N–H and O–H groups in total. The lowest BCUT2D eigenvalue weighted by Crippen LogP contribution is -2.41. The van der Waals surface area contributed by atoms with Crippen LogP contribution in [0.1, 0.15) is 36.7 Å². The monoisotopic (exact) mass is 263 g/mol. The van der Waals surface area contributed by atoms with E-state index < -0.39 is 11.9 Å². The molecule has 0 bridgehead atoms. The second kappa shape index (κ2) is 6.36. The predicted octanol–water partition coefficient (Wildman–Crippen LogP) is 2.57. The normalized spacial score (nSPS) is 12.3. The van der Waals surface area contributed by atoms with Crippen LogP contribution in [-0.4, -0.2) is 34.5 Å². The molecule has 0 aliphatic carbocycles. The minimum atomic E-state index is -0.886. The van der Waals surface area contributed by atoms with Crippen molar-refractivity contribution in [2.45, 2.75) is 33.7 Å². The largest absolute Gasteiger partial charge is 0.481 e. The second-order valence-electron chi connectivity index (χ2n) is 5.11. The second-order valence-corrected chi connectivity index (χ2v) is 5.11. The molecule has 0 aliphatic heterocycles. The van der Waals surface area contributed by atoms with Crippen LogP contribution >= 0.6 is 0 Å². The van der Waals surface area contributed by atoms with Crippen LogP contribution in [0.25, 0.3) is 0 Å². The SMILES string of the molecule is Cc1ccccc1C(=O)N(CC(C)C(=O)O)C(C)C. The zero-order valence-electron chi connectivity index (χ0n) is 11.9. The van der Waals surface area contributed by atoms with E-state index in [4.69, 9.17) is 5.11 Å². The van der Waals surface area contributed by atoms with Crippen molar-refractivity contribution in [1.82, 2.24) is 4.90 Å². The van der Waals surface area contributed by atoms with Gasteiger partial charge in [-0.2, -0.15) is 0 Å². The summed E-state index contributed by atoms with van der Waals surface area (Å²) in [7, 11) is 0. The first kappa shape index (κ1) is 15.2. The van der Waals surface area contributed by atoms with Crippen molar-refractivity contribution in [3.63, 3.8) is 0 Å². The van der Waals surface area contributed by atoms with E-state index in [2.05, 4.69) is 0 Å². The van der Waals surface area contributed by atoms with E-state index in [1.807, 2.05) is 39.0 Å². The van der Waals surface area contributed by atoms with Crippen LogP contribution in [0.3, 0.4) is 0 Å². The molecule has 104 valence electrons. The number of carboxylic acids is 1. The van der Waals surface area contributed by atoms with Crippen molar-refractivity contribution >= 4 is 11.9 Å². The molecule has 0 saturated heterocycles. The van der Waals surface area contributed by atoms with E-state index in [1.54, 1.807) is 17.9 Å². The molecule has 1 aromatic rings. The van der Waals surface area contributed by atoms with Crippen LogP contribution in [-0.2, 0) is 4.79 Å². The quantitative estimate of drug-likeness (QED) is 0.888. The van der Waals surface area contributed by atoms with Crippen LogP contribution in [0.4, 0.5) is 0 Å². The van der Waals surface area contributed by atoms with Gasteiger partial charge in [0.1, 0.15) is 0 Å². The van der Waals surface area contributed by atoms with Gasteiger partial charge in [0.2, 0.25) is 0 Å². The van der Waals surface area contributed by atoms with Gasteiger partial charge >= 0.3 is 5.97 Å². The van der Waals surface area contributed by atoms with Crippen LogP contribution in [0, 0.1) is 12.8 Å². The number of hydrogen-bond acceptors (Lipinski definition) is 2. The molecule has 0 fully saturated rings. The number of amides is 1. The maximum Gasteiger partial charge on any atom is 0.308 e. The van der Waals surface area contributed by atoms with Gasteiger partial charge in [-0.05, 0) is 32.4 Å². The molecule has 1 aromatic carbocycles. The summed E-state index contributed by atoms with van der Waals surface area (Å²) >= 11 is 0. The number of carbonyl (C=O) groups is 2. The summed E-state index contributed by atoms with van der Waals surface area (Å²) in [6.45, 7) is 7.50. The number of aryl methyl sites for hydroxylation is 1. The number of benzene rings is 1. The van der Waals surface area contributed by atoms with Crippen LogP contribution in [0.2, 0.25) is 0 Å². The highest BCUT2D eigenvalue weighted by Gasteiger charge is 2.24. The van der Waals surface area contributed by atoms with Gasteiger partial charge in [-0.3, -0.25) is 9.59 Å². The predicted molar refractivity (Wildman–Crippen MR) is 74.2 cm³/mol. The Labute approximate surface area is 114 Å². The Bertz CT molecular complexity index is 468. The molecule has 4 heteroatoms. The molecule has 0 aliphatic rings. The molecule has 1 rings (SSSR count). The molecule has 0 spiro atoms. The van der Waals surface area contributed by atoms with Gasteiger partial charge in [-0.1, -0.05) is 25.1 Å². The molecule has 1 amide bonds. The van der Waals surface area contributed by atoms with E-state index in [-0.39, 0.29) is 18.5 Å². The number of carboxylic acid groups (broad SMARTS) is 1. The van der Waals surface area contributed by atoms with Crippen molar-refractivity contribution in [1.29, 1.82) is 0 Å². The fourth-order valence-corrected chi connectivity index (χ4v) is 1.87. The number of carbonyl (C=O) groups excluding carboxylic acids is 1. The maximum atomic E-state index is 12.5. The van der Waals surface area contributed by atoms with Crippen LogP contribution < -0.4 is 0 Å². The van der Waals surface area contributed by atoms with Crippen LogP contribution in [0.15, 0.2) is 24.3 Å². The zero-order valence-corrected chi connectivity index (χ0v) is 11.9. The Morgan fingerprint density at radius 2 is 1.79 bits per heavy atom. The van der Waals surface area contributed by atoms with Crippen LogP contribution in [0.5, 0.6) is 0 Å². The fraction of sp³-hybridized carbons (Fsp3) is 0.467. The molecule has 4 nitrogen and oxygen atoms in total. The Hall–Kier alpha value is -1.84. The van der Waals surface area contributed by atoms with Crippen molar-refractivity contribution in [3.8, 4) is 0 Å². The van der Waals surface area contributed by atoms with E-state index in [0.717, 1.165) is 5.56 Å². The molecule has 0 aromatic heterocycles. The standard InChI is InChI=1S/C15H21NO3/c1-10(2)16(9-12(4)15(18)19)14(17)13-8-6-5-7-11(13)3/h5-8,10,12H,9H2,1-4H3,(H,18,19). The molecule has 0 radical (unpaired) electrons. The van der Waals surface area contributed by atoms with E-state index in [0.29, 0.717) is 5.56 Å². The van der Waals surface area contributed by atoms with Crippen molar-refractivity contribution in [2.24, 2.45) is 5.92 Å². The molecule has 0 heterocycles. The number of aliphatic carboxylic acids is 1. The van der Waals surface area contributed by atoms with Crippen molar-refractivity contribution in [2.75, 3.05) is 6.54 Å². The van der Waals surface area contributed by atoms with Crippen molar-refractivity contribution < 1.29 is 14.7 Å². The van der Waals surface area contributed by atoms with Gasteiger partial charge in [0.15, 0.2) is 0 Å². The Morgan fingerprint density at radius 3 is 2.26 bits per heavy atom. The molecular weight excluding hydrogens is 242 g/mol. The third kappa shape index (κ3) is 3.81. The highest BCUT2D eigenvalue weighted by atomic mass is 16.4. The van der Waals surface area contributed by atoms with Gasteiger partial charge in [0.05, 0.1) is 5.92 Å². The Kier molecular flexibility index (Phi) is 5.10. The molecule has 1 atom stereocenters. The van der Waals surface area contributed by atoms with E-state index in [1.165, 1.54) is 0 Å². The third-order valence-electron chi connectivity index (χ3n) is 3.15. The minimum Gasteiger partial charge on any atom is -0.481 e. The third-order valence-corrected chi connectivity index (χ3v) is 3.15. The average molecular weight is 263 g/mol.